The van der Waals surface area contributed by atoms with Crippen LogP contribution in [0.4, 0.5) is 0 Å². The van der Waals surface area contributed by atoms with Gasteiger partial charge in [0.05, 0.1) is 0 Å². The Hall–Kier alpha value is -0.430. The molecule has 2 N–H and O–H groups in total. The van der Waals surface area contributed by atoms with Gasteiger partial charge in [0.15, 0.2) is 0 Å². The maximum Gasteiger partial charge on any atom is 0.250 e. The van der Waals surface area contributed by atoms with Crippen LogP contribution in [0.1, 0.15) is 26.2 Å². The van der Waals surface area contributed by atoms with Crippen LogP contribution in [0, 0.1) is 5.92 Å². The van der Waals surface area contributed by atoms with Gasteiger partial charge in [-0.15, -0.1) is 11.3 Å². The maximum absolute atomic E-state index is 11.8. The lowest BCUT2D eigenvalue weighted by molar-refractivity contribution is 0.270. The van der Waals surface area contributed by atoms with Crippen molar-refractivity contribution in [3.8, 4) is 0 Å². The van der Waals surface area contributed by atoms with E-state index in [-0.39, 0.29) is 12.5 Å². The average molecular weight is 277 g/mol. The lowest BCUT2D eigenvalue weighted by Crippen LogP contribution is -2.28. The summed E-state index contributed by atoms with van der Waals surface area (Å²) in [6.45, 7) is 2.63. The predicted molar refractivity (Wildman–Crippen MR) is 69.6 cm³/mol. The van der Waals surface area contributed by atoms with Gasteiger partial charge in [-0.05, 0) is 30.2 Å². The molecule has 17 heavy (non-hydrogen) atoms. The molecule has 0 amide bonds. The first-order chi connectivity index (χ1) is 8.10. The molecule has 0 aliphatic heterocycles. The summed E-state index contributed by atoms with van der Waals surface area (Å²) in [5.41, 5.74) is 0. The molecule has 0 unspecified atom stereocenters. The predicted octanol–water partition coefficient (Wildman–Crippen LogP) is 1.83. The summed E-state index contributed by atoms with van der Waals surface area (Å²) in [5, 5.41) is 10.5. The third kappa shape index (κ3) is 4.75. The minimum atomic E-state index is -3.34. The Balaban J connectivity index is 2.49. The average Bonchev–Trinajstić information content (AvgIpc) is 2.83. The van der Waals surface area contributed by atoms with Crippen molar-refractivity contribution < 1.29 is 13.5 Å². The van der Waals surface area contributed by atoms with E-state index in [1.54, 1.807) is 17.5 Å². The molecule has 1 aromatic rings. The molecule has 0 saturated carbocycles. The Bertz CT molecular complexity index is 400. The number of hydrogen-bond acceptors (Lipinski definition) is 4. The van der Waals surface area contributed by atoms with E-state index in [9.17, 15) is 8.42 Å². The molecule has 1 rings (SSSR count). The quantitative estimate of drug-likeness (QED) is 0.762. The molecular weight excluding hydrogens is 258 g/mol. The number of aliphatic hydroxyl groups is 1. The number of hydrogen-bond donors (Lipinski definition) is 2. The van der Waals surface area contributed by atoms with Crippen molar-refractivity contribution in [2.45, 2.75) is 30.4 Å². The third-order valence-electron chi connectivity index (χ3n) is 2.67. The zero-order chi connectivity index (χ0) is 12.7. The molecule has 0 aliphatic carbocycles. The highest BCUT2D eigenvalue weighted by atomic mass is 32.2. The van der Waals surface area contributed by atoms with Crippen molar-refractivity contribution >= 4 is 21.4 Å². The lowest BCUT2D eigenvalue weighted by atomic mass is 10.0. The standard InChI is InChI=1S/C11H19NO3S2/c1-2-10(5-3-7-13)9-12-17(14,15)11-6-4-8-16-11/h4,6,8,10,12-13H,2-3,5,7,9H2,1H3/t10-/m0/s1. The van der Waals surface area contributed by atoms with E-state index in [0.29, 0.717) is 10.8 Å². The summed E-state index contributed by atoms with van der Waals surface area (Å²) < 4.78 is 26.7. The summed E-state index contributed by atoms with van der Waals surface area (Å²) in [7, 11) is -3.34. The van der Waals surface area contributed by atoms with Gasteiger partial charge in [-0.25, -0.2) is 13.1 Å². The molecule has 1 aromatic heterocycles. The van der Waals surface area contributed by atoms with Crippen LogP contribution < -0.4 is 4.72 Å². The minimum absolute atomic E-state index is 0.161. The smallest absolute Gasteiger partial charge is 0.250 e. The normalized spacial score (nSPS) is 13.8. The molecule has 6 heteroatoms. The van der Waals surface area contributed by atoms with Gasteiger partial charge in [-0.1, -0.05) is 19.4 Å². The zero-order valence-electron chi connectivity index (χ0n) is 9.93. The Morgan fingerprint density at radius 3 is 2.82 bits per heavy atom. The number of rotatable bonds is 8. The largest absolute Gasteiger partial charge is 0.396 e. The first-order valence-corrected chi connectivity index (χ1v) is 8.10. The first-order valence-electron chi connectivity index (χ1n) is 5.74. The fourth-order valence-electron chi connectivity index (χ4n) is 1.55. The number of aliphatic hydroxyl groups excluding tert-OH is 1. The van der Waals surface area contributed by atoms with Crippen LogP contribution >= 0.6 is 11.3 Å². The summed E-state index contributed by atoms with van der Waals surface area (Å²) in [6.07, 6.45) is 2.48. The number of thiophene rings is 1. The topological polar surface area (TPSA) is 66.4 Å². The summed E-state index contributed by atoms with van der Waals surface area (Å²) in [5.74, 6) is 0.289. The number of nitrogens with one attached hydrogen (secondary N) is 1. The zero-order valence-corrected chi connectivity index (χ0v) is 11.6. The Labute approximate surface area is 107 Å². The Morgan fingerprint density at radius 2 is 2.29 bits per heavy atom. The summed E-state index contributed by atoms with van der Waals surface area (Å²) in [4.78, 5) is 0. The van der Waals surface area contributed by atoms with Crippen molar-refractivity contribution in [3.05, 3.63) is 17.5 Å². The van der Waals surface area contributed by atoms with Crippen LogP contribution in [0.2, 0.25) is 0 Å². The van der Waals surface area contributed by atoms with Gasteiger partial charge < -0.3 is 5.11 Å². The van der Waals surface area contributed by atoms with Gasteiger partial charge in [-0.3, -0.25) is 0 Å². The molecule has 0 bridgehead atoms. The third-order valence-corrected chi connectivity index (χ3v) is 5.49. The second-order valence-electron chi connectivity index (χ2n) is 3.92. The van der Waals surface area contributed by atoms with E-state index >= 15 is 0 Å². The second kappa shape index (κ2) is 7.10. The monoisotopic (exact) mass is 277 g/mol. The van der Waals surface area contributed by atoms with E-state index in [4.69, 9.17) is 5.11 Å². The molecule has 1 heterocycles. The van der Waals surface area contributed by atoms with Gasteiger partial charge in [0.1, 0.15) is 4.21 Å². The first kappa shape index (κ1) is 14.6. The Morgan fingerprint density at radius 1 is 1.53 bits per heavy atom. The van der Waals surface area contributed by atoms with Crippen LogP contribution in [-0.4, -0.2) is 26.7 Å². The number of sulfonamides is 1. The van der Waals surface area contributed by atoms with E-state index < -0.39 is 10.0 Å². The lowest BCUT2D eigenvalue weighted by Gasteiger charge is -2.14. The Kier molecular flexibility index (Phi) is 6.11. The van der Waals surface area contributed by atoms with Crippen molar-refractivity contribution in [3.63, 3.8) is 0 Å². The molecule has 0 fully saturated rings. The molecular formula is C11H19NO3S2. The fraction of sp³-hybridized carbons (Fsp3) is 0.636. The fourth-order valence-corrected chi connectivity index (χ4v) is 3.70. The van der Waals surface area contributed by atoms with Crippen molar-refractivity contribution in [1.29, 1.82) is 0 Å². The molecule has 4 nitrogen and oxygen atoms in total. The van der Waals surface area contributed by atoms with Crippen LogP contribution in [0.25, 0.3) is 0 Å². The van der Waals surface area contributed by atoms with Gasteiger partial charge in [0.25, 0.3) is 0 Å². The van der Waals surface area contributed by atoms with Crippen molar-refractivity contribution in [2.24, 2.45) is 5.92 Å². The van der Waals surface area contributed by atoms with Crippen molar-refractivity contribution in [2.75, 3.05) is 13.2 Å². The van der Waals surface area contributed by atoms with Gasteiger partial charge in [0, 0.05) is 13.2 Å². The van der Waals surface area contributed by atoms with Gasteiger partial charge in [0.2, 0.25) is 10.0 Å². The highest BCUT2D eigenvalue weighted by molar-refractivity contribution is 7.91. The molecule has 0 aliphatic rings. The van der Waals surface area contributed by atoms with Gasteiger partial charge >= 0.3 is 0 Å². The molecule has 0 saturated heterocycles. The maximum atomic E-state index is 11.8. The SMILES string of the molecule is CC[C@@H](CCCO)CNS(=O)(=O)c1cccs1. The summed E-state index contributed by atoms with van der Waals surface area (Å²) >= 11 is 1.22. The van der Waals surface area contributed by atoms with Gasteiger partial charge in [-0.2, -0.15) is 0 Å². The van der Waals surface area contributed by atoms with Crippen LogP contribution in [-0.2, 0) is 10.0 Å². The van der Waals surface area contributed by atoms with Crippen molar-refractivity contribution in [1.82, 2.24) is 4.72 Å². The van der Waals surface area contributed by atoms with E-state index in [1.165, 1.54) is 11.3 Å². The van der Waals surface area contributed by atoms with Crippen LogP contribution in [0.5, 0.6) is 0 Å². The van der Waals surface area contributed by atoms with E-state index in [0.717, 1.165) is 19.3 Å². The second-order valence-corrected chi connectivity index (χ2v) is 6.87. The van der Waals surface area contributed by atoms with Crippen LogP contribution in [0.15, 0.2) is 21.7 Å². The van der Waals surface area contributed by atoms with E-state index in [1.807, 2.05) is 6.92 Å². The van der Waals surface area contributed by atoms with E-state index in [2.05, 4.69) is 4.72 Å². The summed E-state index contributed by atoms with van der Waals surface area (Å²) in [6, 6.07) is 3.32. The highest BCUT2D eigenvalue weighted by Gasteiger charge is 2.16. The molecule has 98 valence electrons. The molecule has 1 atom stereocenters. The molecule has 0 radical (unpaired) electrons. The highest BCUT2D eigenvalue weighted by Crippen LogP contribution is 2.16. The molecule has 0 aromatic carbocycles. The molecule has 0 spiro atoms. The minimum Gasteiger partial charge on any atom is -0.396 e. The van der Waals surface area contributed by atoms with Crippen LogP contribution in [0.3, 0.4) is 0 Å².